The number of nitrogens with zero attached hydrogens (tertiary/aromatic N) is 2. The van der Waals surface area contributed by atoms with E-state index in [1.165, 1.54) is 34.5 Å². The lowest BCUT2D eigenvalue weighted by molar-refractivity contribution is -0.115. The normalized spacial score (nSPS) is 10.9. The maximum atomic E-state index is 13.1. The number of carbonyl (C=O) groups excluding carboxylic acids is 1. The molecule has 0 unspecified atom stereocenters. The van der Waals surface area contributed by atoms with Gasteiger partial charge in [0, 0.05) is 24.9 Å². The van der Waals surface area contributed by atoms with Gasteiger partial charge < -0.3 is 5.32 Å². The molecule has 0 aliphatic carbocycles. The highest BCUT2D eigenvalue weighted by Gasteiger charge is 2.10. The summed E-state index contributed by atoms with van der Waals surface area (Å²) in [5, 5.41) is 3.72. The number of aromatic nitrogens is 2. The molecule has 1 aromatic heterocycles. The number of hydrogen-bond acceptors (Lipinski definition) is 4. The van der Waals surface area contributed by atoms with Gasteiger partial charge in [0.1, 0.15) is 5.82 Å². The summed E-state index contributed by atoms with van der Waals surface area (Å²) in [5.41, 5.74) is 0.939. The minimum absolute atomic E-state index is 0.0486. The predicted molar refractivity (Wildman–Crippen MR) is 102 cm³/mol. The molecular formula is C18H15ClFN3O2S. The van der Waals surface area contributed by atoms with Crippen molar-refractivity contribution in [2.75, 3.05) is 11.1 Å². The molecule has 5 nitrogen and oxygen atoms in total. The summed E-state index contributed by atoms with van der Waals surface area (Å²) in [6.07, 6.45) is 0.211. The molecule has 8 heteroatoms. The smallest absolute Gasteiger partial charge is 0.261 e. The van der Waals surface area contributed by atoms with Gasteiger partial charge in [-0.25, -0.2) is 9.37 Å². The van der Waals surface area contributed by atoms with Crippen LogP contribution in [0.3, 0.4) is 0 Å². The van der Waals surface area contributed by atoms with Crippen molar-refractivity contribution in [1.82, 2.24) is 9.55 Å². The first-order valence-corrected chi connectivity index (χ1v) is 9.15. The van der Waals surface area contributed by atoms with Gasteiger partial charge in [0.05, 0.1) is 15.9 Å². The fourth-order valence-corrected chi connectivity index (χ4v) is 3.45. The number of anilines is 1. The summed E-state index contributed by atoms with van der Waals surface area (Å²) in [7, 11) is 1.66. The molecule has 26 heavy (non-hydrogen) atoms. The highest BCUT2D eigenvalue weighted by Crippen LogP contribution is 2.21. The van der Waals surface area contributed by atoms with Crippen LogP contribution < -0.4 is 10.9 Å². The van der Waals surface area contributed by atoms with Crippen LogP contribution in [0.25, 0.3) is 10.9 Å². The van der Waals surface area contributed by atoms with Gasteiger partial charge in [-0.2, -0.15) is 0 Å². The molecule has 2 aromatic carbocycles. The largest absolute Gasteiger partial charge is 0.326 e. The van der Waals surface area contributed by atoms with Crippen LogP contribution in [-0.4, -0.2) is 21.2 Å². The summed E-state index contributed by atoms with van der Waals surface area (Å²) >= 11 is 7.02. The van der Waals surface area contributed by atoms with Crippen molar-refractivity contribution >= 4 is 45.9 Å². The van der Waals surface area contributed by atoms with E-state index >= 15 is 0 Å². The Labute approximate surface area is 158 Å². The molecular weight excluding hydrogens is 377 g/mol. The van der Waals surface area contributed by atoms with Crippen molar-refractivity contribution in [2.24, 2.45) is 7.05 Å². The molecule has 0 radical (unpaired) electrons. The van der Waals surface area contributed by atoms with Crippen LogP contribution in [0.1, 0.15) is 6.42 Å². The van der Waals surface area contributed by atoms with E-state index in [0.29, 0.717) is 27.5 Å². The van der Waals surface area contributed by atoms with E-state index in [9.17, 15) is 14.0 Å². The molecule has 3 aromatic rings. The Hall–Kier alpha value is -2.38. The zero-order valence-electron chi connectivity index (χ0n) is 13.8. The highest BCUT2D eigenvalue weighted by molar-refractivity contribution is 7.99. The van der Waals surface area contributed by atoms with E-state index in [0.717, 1.165) is 0 Å². The van der Waals surface area contributed by atoms with Gasteiger partial charge in [-0.05, 0) is 30.3 Å². The average molecular weight is 392 g/mol. The quantitative estimate of drug-likeness (QED) is 0.530. The topological polar surface area (TPSA) is 64.0 Å². The van der Waals surface area contributed by atoms with Gasteiger partial charge in [-0.1, -0.05) is 35.5 Å². The van der Waals surface area contributed by atoms with Crippen LogP contribution in [0.15, 0.2) is 52.4 Å². The average Bonchev–Trinajstić information content (AvgIpc) is 2.62. The Morgan fingerprint density at radius 3 is 2.85 bits per heavy atom. The van der Waals surface area contributed by atoms with E-state index < -0.39 is 5.82 Å². The molecule has 1 heterocycles. The summed E-state index contributed by atoms with van der Waals surface area (Å²) in [6, 6.07) is 11.1. The molecule has 0 atom stereocenters. The van der Waals surface area contributed by atoms with Crippen molar-refractivity contribution in [3.05, 3.63) is 63.7 Å². The molecule has 1 N–H and O–H groups in total. The highest BCUT2D eigenvalue weighted by atomic mass is 35.5. The first kappa shape index (κ1) is 18.4. The number of carbonyl (C=O) groups is 1. The molecule has 0 saturated heterocycles. The molecule has 0 spiro atoms. The second-order valence-electron chi connectivity index (χ2n) is 5.55. The fourth-order valence-electron chi connectivity index (χ4n) is 2.36. The number of para-hydroxylation sites is 1. The van der Waals surface area contributed by atoms with Crippen LogP contribution in [-0.2, 0) is 11.8 Å². The van der Waals surface area contributed by atoms with Gasteiger partial charge in [-0.15, -0.1) is 0 Å². The zero-order chi connectivity index (χ0) is 18.7. The first-order chi connectivity index (χ1) is 12.5. The second-order valence-corrected chi connectivity index (χ2v) is 7.02. The van der Waals surface area contributed by atoms with Crippen molar-refractivity contribution in [3.63, 3.8) is 0 Å². The number of halogens is 2. The minimum Gasteiger partial charge on any atom is -0.326 e. The van der Waals surface area contributed by atoms with E-state index in [-0.39, 0.29) is 22.9 Å². The molecule has 0 aliphatic rings. The lowest BCUT2D eigenvalue weighted by atomic mass is 10.2. The number of fused-ring (bicyclic) bond motifs is 1. The molecule has 1 amide bonds. The van der Waals surface area contributed by atoms with E-state index in [4.69, 9.17) is 11.6 Å². The number of benzene rings is 2. The number of nitrogens with one attached hydrogen (secondary N) is 1. The summed E-state index contributed by atoms with van der Waals surface area (Å²) in [5.74, 6) is -0.325. The second kappa shape index (κ2) is 7.88. The van der Waals surface area contributed by atoms with E-state index in [1.54, 1.807) is 25.2 Å². The Balaban J connectivity index is 1.63. The van der Waals surface area contributed by atoms with E-state index in [2.05, 4.69) is 10.3 Å². The van der Waals surface area contributed by atoms with Crippen molar-refractivity contribution in [2.45, 2.75) is 11.6 Å². The molecule has 0 saturated carbocycles. The minimum atomic E-state index is -0.538. The first-order valence-electron chi connectivity index (χ1n) is 7.79. The van der Waals surface area contributed by atoms with Crippen LogP contribution in [0.2, 0.25) is 5.02 Å². The number of thioether (sulfide) groups is 1. The molecule has 0 aliphatic heterocycles. The van der Waals surface area contributed by atoms with Crippen molar-refractivity contribution < 1.29 is 9.18 Å². The van der Waals surface area contributed by atoms with Gasteiger partial charge in [0.2, 0.25) is 5.91 Å². The molecule has 3 rings (SSSR count). The Morgan fingerprint density at radius 1 is 1.31 bits per heavy atom. The zero-order valence-corrected chi connectivity index (χ0v) is 15.4. The predicted octanol–water partition coefficient (Wildman–Crippen LogP) is 3.85. The Morgan fingerprint density at radius 2 is 2.08 bits per heavy atom. The van der Waals surface area contributed by atoms with Crippen molar-refractivity contribution in [3.8, 4) is 0 Å². The van der Waals surface area contributed by atoms with Gasteiger partial charge in [-0.3, -0.25) is 14.2 Å². The number of hydrogen-bond donors (Lipinski definition) is 1. The number of rotatable bonds is 5. The standard InChI is InChI=1S/C18H15ClFN3O2S/c1-23-17(25)12-4-2-3-5-15(12)22-18(23)26-9-8-16(24)21-11-6-7-14(20)13(19)10-11/h2-7,10H,8-9H2,1H3,(H,21,24). The third-order valence-electron chi connectivity index (χ3n) is 3.71. The Kier molecular flexibility index (Phi) is 5.58. The maximum absolute atomic E-state index is 13.1. The SMILES string of the molecule is Cn1c(SCCC(=O)Nc2ccc(F)c(Cl)c2)nc2ccccc2c1=O. The van der Waals surface area contributed by atoms with Gasteiger partial charge in [0.25, 0.3) is 5.56 Å². The third-order valence-corrected chi connectivity index (χ3v) is 5.03. The molecule has 0 bridgehead atoms. The summed E-state index contributed by atoms with van der Waals surface area (Å²) in [4.78, 5) is 28.8. The maximum Gasteiger partial charge on any atom is 0.261 e. The third kappa shape index (κ3) is 4.05. The van der Waals surface area contributed by atoms with Crippen LogP contribution in [0.5, 0.6) is 0 Å². The lowest BCUT2D eigenvalue weighted by Gasteiger charge is -2.09. The summed E-state index contributed by atoms with van der Waals surface area (Å²) < 4.78 is 14.6. The number of amides is 1. The van der Waals surface area contributed by atoms with Gasteiger partial charge in [0.15, 0.2) is 5.16 Å². The fraction of sp³-hybridized carbons (Fsp3) is 0.167. The van der Waals surface area contributed by atoms with E-state index in [1.807, 2.05) is 6.07 Å². The lowest BCUT2D eigenvalue weighted by Crippen LogP contribution is -2.20. The van der Waals surface area contributed by atoms with Crippen LogP contribution in [0, 0.1) is 5.82 Å². The monoisotopic (exact) mass is 391 g/mol. The molecule has 134 valence electrons. The Bertz CT molecular complexity index is 1040. The summed E-state index contributed by atoms with van der Waals surface area (Å²) in [6.45, 7) is 0. The van der Waals surface area contributed by atoms with Crippen molar-refractivity contribution in [1.29, 1.82) is 0 Å². The van der Waals surface area contributed by atoms with Crippen LogP contribution >= 0.6 is 23.4 Å². The van der Waals surface area contributed by atoms with Gasteiger partial charge >= 0.3 is 0 Å². The van der Waals surface area contributed by atoms with Crippen LogP contribution in [0.4, 0.5) is 10.1 Å². The molecule has 0 fully saturated rings.